The highest BCUT2D eigenvalue weighted by molar-refractivity contribution is 7.93. The molecule has 9 heteroatoms. The van der Waals surface area contributed by atoms with Crippen LogP contribution in [0.3, 0.4) is 0 Å². The van der Waals surface area contributed by atoms with Gasteiger partial charge in [0.05, 0.1) is 17.1 Å². The molecule has 0 aliphatic carbocycles. The number of carbonyl (C=O) groups is 3. The molecule has 1 fully saturated rings. The van der Waals surface area contributed by atoms with Gasteiger partial charge in [0, 0.05) is 23.9 Å². The third-order valence-corrected chi connectivity index (χ3v) is 7.50. The first-order valence-corrected chi connectivity index (χ1v) is 11.5. The normalized spacial score (nSPS) is 16.8. The van der Waals surface area contributed by atoms with Crippen molar-refractivity contribution >= 4 is 49.9 Å². The van der Waals surface area contributed by atoms with Crippen molar-refractivity contribution in [3.05, 3.63) is 66.2 Å². The van der Waals surface area contributed by atoms with Crippen LogP contribution in [0.1, 0.15) is 18.4 Å². The van der Waals surface area contributed by atoms with Crippen molar-refractivity contribution in [2.24, 2.45) is 0 Å². The Hall–Kier alpha value is -3.72. The van der Waals surface area contributed by atoms with Gasteiger partial charge in [-0.15, -0.1) is 0 Å². The molecule has 3 aromatic rings. The number of imide groups is 1. The van der Waals surface area contributed by atoms with Crippen LogP contribution in [-0.4, -0.2) is 37.6 Å². The first-order valence-electron chi connectivity index (χ1n) is 10.1. The highest BCUT2D eigenvalue weighted by Crippen LogP contribution is 2.41. The Kier molecular flexibility index (Phi) is 4.70. The summed E-state index contributed by atoms with van der Waals surface area (Å²) < 4.78 is 27.1. The maximum atomic E-state index is 13.0. The minimum absolute atomic E-state index is 0.185. The summed E-state index contributed by atoms with van der Waals surface area (Å²) in [7, 11) is -3.81. The molecule has 2 heterocycles. The molecule has 0 spiro atoms. The summed E-state index contributed by atoms with van der Waals surface area (Å²) in [5, 5.41) is 4.14. The smallest absolute Gasteiger partial charge is 0.265 e. The summed E-state index contributed by atoms with van der Waals surface area (Å²) in [4.78, 5) is 37.6. The van der Waals surface area contributed by atoms with Crippen molar-refractivity contribution in [1.82, 2.24) is 4.90 Å². The van der Waals surface area contributed by atoms with Crippen LogP contribution in [0.15, 0.2) is 65.6 Å². The Morgan fingerprint density at radius 3 is 2.25 bits per heavy atom. The minimum atomic E-state index is -3.81. The Bertz CT molecular complexity index is 1360. The van der Waals surface area contributed by atoms with E-state index in [4.69, 9.17) is 0 Å². The second-order valence-corrected chi connectivity index (χ2v) is 9.59. The van der Waals surface area contributed by atoms with E-state index in [0.29, 0.717) is 16.8 Å². The van der Waals surface area contributed by atoms with Crippen molar-refractivity contribution < 1.29 is 22.8 Å². The number of anilines is 2. The maximum absolute atomic E-state index is 13.0. The number of carbonyl (C=O) groups excluding carboxylic acids is 3. The molecule has 0 unspecified atom stereocenters. The number of amides is 3. The van der Waals surface area contributed by atoms with Crippen LogP contribution < -0.4 is 9.62 Å². The number of nitrogens with zero attached hydrogens (tertiary/aromatic N) is 2. The second-order valence-electron chi connectivity index (χ2n) is 7.76. The number of rotatable bonds is 5. The number of nitrogens with one attached hydrogen (secondary N) is 1. The zero-order chi connectivity index (χ0) is 22.5. The van der Waals surface area contributed by atoms with Crippen molar-refractivity contribution in [1.29, 1.82) is 0 Å². The first-order chi connectivity index (χ1) is 15.3. The molecular weight excluding hydrogens is 430 g/mol. The average Bonchev–Trinajstić information content (AvgIpc) is 3.20. The van der Waals surface area contributed by atoms with Gasteiger partial charge < -0.3 is 5.32 Å². The lowest BCUT2D eigenvalue weighted by molar-refractivity contribution is -0.139. The summed E-state index contributed by atoms with van der Waals surface area (Å²) in [6.45, 7) is -0.158. The zero-order valence-electron chi connectivity index (χ0n) is 16.9. The predicted octanol–water partition coefficient (Wildman–Crippen LogP) is 2.64. The summed E-state index contributed by atoms with van der Waals surface area (Å²) in [6.07, 6.45) is 0.480. The molecule has 32 heavy (non-hydrogen) atoms. The fraction of sp³-hybridized carbons (Fsp3) is 0.174. The molecule has 1 saturated heterocycles. The van der Waals surface area contributed by atoms with Crippen LogP contribution in [-0.2, 0) is 31.0 Å². The van der Waals surface area contributed by atoms with E-state index < -0.39 is 15.9 Å². The third kappa shape index (κ3) is 3.31. The van der Waals surface area contributed by atoms with Gasteiger partial charge in [0.25, 0.3) is 10.0 Å². The van der Waals surface area contributed by atoms with Gasteiger partial charge in [0.1, 0.15) is 6.54 Å². The lowest BCUT2D eigenvalue weighted by atomic mass is 10.1. The van der Waals surface area contributed by atoms with Gasteiger partial charge in [-0.05, 0) is 35.2 Å². The van der Waals surface area contributed by atoms with Crippen molar-refractivity contribution in [2.45, 2.75) is 24.3 Å². The van der Waals surface area contributed by atoms with Gasteiger partial charge in [-0.25, -0.2) is 8.42 Å². The van der Waals surface area contributed by atoms with Crippen LogP contribution >= 0.6 is 0 Å². The number of sulfonamides is 1. The molecule has 0 atom stereocenters. The van der Waals surface area contributed by atoms with E-state index in [9.17, 15) is 22.8 Å². The second kappa shape index (κ2) is 7.45. The van der Waals surface area contributed by atoms with Gasteiger partial charge in [-0.1, -0.05) is 36.4 Å². The van der Waals surface area contributed by atoms with Crippen molar-refractivity contribution in [3.8, 4) is 0 Å². The highest BCUT2D eigenvalue weighted by atomic mass is 32.2. The standard InChI is InChI=1S/C23H19N3O5S/c27-20(24-17-9-7-15(8-10-17)13-25-21(28)11-12-22(25)29)14-26-18-5-1-3-16-4-2-6-19(23(16)18)32(26,30)31/h1-10H,11-14H2,(H,24,27). The van der Waals surface area contributed by atoms with Gasteiger partial charge in [-0.3, -0.25) is 23.6 Å². The largest absolute Gasteiger partial charge is 0.325 e. The van der Waals surface area contributed by atoms with E-state index in [1.165, 1.54) is 4.90 Å². The predicted molar refractivity (Wildman–Crippen MR) is 118 cm³/mol. The maximum Gasteiger partial charge on any atom is 0.265 e. The van der Waals surface area contributed by atoms with E-state index in [2.05, 4.69) is 5.32 Å². The van der Waals surface area contributed by atoms with Crippen LogP contribution in [0.2, 0.25) is 0 Å². The van der Waals surface area contributed by atoms with Crippen molar-refractivity contribution in [3.63, 3.8) is 0 Å². The molecule has 3 aromatic carbocycles. The van der Waals surface area contributed by atoms with Crippen molar-refractivity contribution in [2.75, 3.05) is 16.2 Å². The molecule has 0 aromatic heterocycles. The number of benzene rings is 3. The Balaban J connectivity index is 1.30. The average molecular weight is 449 g/mol. The molecule has 0 radical (unpaired) electrons. The third-order valence-electron chi connectivity index (χ3n) is 5.70. The molecule has 5 rings (SSSR count). The van der Waals surface area contributed by atoms with Crippen LogP contribution in [0.25, 0.3) is 10.8 Å². The fourth-order valence-corrected chi connectivity index (χ4v) is 5.80. The zero-order valence-corrected chi connectivity index (χ0v) is 17.8. The molecule has 3 amide bonds. The molecule has 2 aliphatic rings. The Morgan fingerprint density at radius 1 is 0.906 bits per heavy atom. The van der Waals surface area contributed by atoms with E-state index in [0.717, 1.165) is 15.3 Å². The van der Waals surface area contributed by atoms with Crippen LogP contribution in [0.5, 0.6) is 0 Å². The molecule has 0 bridgehead atoms. The van der Waals surface area contributed by atoms with E-state index in [1.54, 1.807) is 48.5 Å². The van der Waals surface area contributed by atoms with Crippen LogP contribution in [0.4, 0.5) is 11.4 Å². The minimum Gasteiger partial charge on any atom is -0.325 e. The molecule has 8 nitrogen and oxygen atoms in total. The van der Waals surface area contributed by atoms with E-state index in [1.807, 2.05) is 12.1 Å². The highest BCUT2D eigenvalue weighted by Gasteiger charge is 2.36. The molecule has 0 saturated carbocycles. The van der Waals surface area contributed by atoms with Gasteiger partial charge in [0.15, 0.2) is 0 Å². The molecule has 162 valence electrons. The summed E-state index contributed by atoms with van der Waals surface area (Å²) in [6, 6.07) is 17.1. The summed E-state index contributed by atoms with van der Waals surface area (Å²) in [5.74, 6) is -0.846. The number of hydrogen-bond acceptors (Lipinski definition) is 5. The summed E-state index contributed by atoms with van der Waals surface area (Å²) in [5.41, 5.74) is 1.74. The number of hydrogen-bond donors (Lipinski definition) is 1. The van der Waals surface area contributed by atoms with Crippen LogP contribution in [0, 0.1) is 0 Å². The molecule has 2 aliphatic heterocycles. The number of likely N-dealkylation sites (tertiary alicyclic amines) is 1. The van der Waals surface area contributed by atoms with E-state index in [-0.39, 0.29) is 42.6 Å². The monoisotopic (exact) mass is 449 g/mol. The molecule has 1 N–H and O–H groups in total. The summed E-state index contributed by atoms with van der Waals surface area (Å²) >= 11 is 0. The Morgan fingerprint density at radius 2 is 1.56 bits per heavy atom. The quantitative estimate of drug-likeness (QED) is 0.603. The van der Waals surface area contributed by atoms with Gasteiger partial charge in [-0.2, -0.15) is 0 Å². The van der Waals surface area contributed by atoms with Gasteiger partial charge in [0.2, 0.25) is 17.7 Å². The molecular formula is C23H19N3O5S. The SMILES string of the molecule is O=C(CN1c2cccc3cccc(c23)S1(=O)=O)Nc1ccc(CN2C(=O)CCC2=O)cc1. The van der Waals surface area contributed by atoms with Gasteiger partial charge >= 0.3 is 0 Å². The lowest BCUT2D eigenvalue weighted by Crippen LogP contribution is -2.35. The topological polar surface area (TPSA) is 104 Å². The first kappa shape index (κ1) is 20.2. The fourth-order valence-electron chi connectivity index (χ4n) is 4.13. The lowest BCUT2D eigenvalue weighted by Gasteiger charge is -2.18. The Labute approximate surface area is 184 Å². The van der Waals surface area contributed by atoms with E-state index >= 15 is 0 Å².